The molecule has 0 spiro atoms. The highest BCUT2D eigenvalue weighted by molar-refractivity contribution is 7.15. The van der Waals surface area contributed by atoms with Crippen LogP contribution in [-0.4, -0.2) is 24.3 Å². The molecule has 5 nitrogen and oxygen atoms in total. The van der Waals surface area contributed by atoms with Crippen LogP contribution in [-0.2, 0) is 9.53 Å². The van der Waals surface area contributed by atoms with Gasteiger partial charge in [-0.15, -0.1) is 11.3 Å². The van der Waals surface area contributed by atoms with Crippen LogP contribution in [0, 0.1) is 17.6 Å². The van der Waals surface area contributed by atoms with Crippen molar-refractivity contribution in [3.05, 3.63) is 76.7 Å². The number of hydrogen-bond donors (Lipinski definition) is 1. The van der Waals surface area contributed by atoms with E-state index in [0.29, 0.717) is 16.6 Å². The van der Waals surface area contributed by atoms with Gasteiger partial charge in [0.25, 0.3) is 0 Å². The average Bonchev–Trinajstić information content (AvgIpc) is 3.53. The zero-order valence-corrected chi connectivity index (χ0v) is 17.0. The molecule has 1 aliphatic carbocycles. The van der Waals surface area contributed by atoms with Gasteiger partial charge in [-0.25, -0.2) is 13.6 Å². The number of carbonyl (C=O) groups excluding carboxylic acids is 3. The molecule has 158 valence electrons. The van der Waals surface area contributed by atoms with E-state index < -0.39 is 30.0 Å². The Labute approximate surface area is 180 Å². The standard InChI is InChI=1S/C23H17F2NO4S/c24-15-8-9-16(18(25)10-15)19(27)11-30-23(29)20-17(13-4-2-1-3-5-13)12-31-22(20)26-21(28)14-6-7-14/h1-5,8-10,12,14H,6-7,11H2,(H,26,28). The highest BCUT2D eigenvalue weighted by atomic mass is 32.1. The molecular weight excluding hydrogens is 424 g/mol. The van der Waals surface area contributed by atoms with Crippen molar-refractivity contribution < 1.29 is 27.9 Å². The Morgan fingerprint density at radius 2 is 1.81 bits per heavy atom. The summed E-state index contributed by atoms with van der Waals surface area (Å²) >= 11 is 1.19. The van der Waals surface area contributed by atoms with Gasteiger partial charge in [0.05, 0.1) is 5.56 Å². The van der Waals surface area contributed by atoms with E-state index in [1.54, 1.807) is 5.38 Å². The van der Waals surface area contributed by atoms with Crippen LogP contribution in [0.2, 0.25) is 0 Å². The third-order valence-electron chi connectivity index (χ3n) is 4.83. The van der Waals surface area contributed by atoms with Crippen molar-refractivity contribution in [1.82, 2.24) is 0 Å². The SMILES string of the molecule is O=C(COC(=O)c1c(-c2ccccc2)csc1NC(=O)C1CC1)c1ccc(F)cc1F. The minimum Gasteiger partial charge on any atom is -0.454 e. The van der Waals surface area contributed by atoms with Gasteiger partial charge < -0.3 is 10.1 Å². The zero-order chi connectivity index (χ0) is 22.0. The molecular formula is C23H17F2NO4S. The topological polar surface area (TPSA) is 72.5 Å². The molecule has 2 aromatic carbocycles. The van der Waals surface area contributed by atoms with Crippen LogP contribution in [0.4, 0.5) is 13.8 Å². The number of hydrogen-bond acceptors (Lipinski definition) is 5. The van der Waals surface area contributed by atoms with E-state index in [1.165, 1.54) is 11.3 Å². The summed E-state index contributed by atoms with van der Waals surface area (Å²) in [6, 6.07) is 11.6. The van der Waals surface area contributed by atoms with E-state index >= 15 is 0 Å². The van der Waals surface area contributed by atoms with E-state index in [4.69, 9.17) is 4.74 Å². The second-order valence-electron chi connectivity index (χ2n) is 7.11. The number of esters is 1. The quantitative estimate of drug-likeness (QED) is 0.410. The van der Waals surface area contributed by atoms with E-state index in [9.17, 15) is 23.2 Å². The average molecular weight is 441 g/mol. The second kappa shape index (κ2) is 8.77. The number of benzene rings is 2. The molecule has 1 heterocycles. The van der Waals surface area contributed by atoms with Crippen LogP contribution in [0.5, 0.6) is 0 Å². The van der Waals surface area contributed by atoms with Crippen molar-refractivity contribution >= 4 is 34.0 Å². The number of thiophene rings is 1. The zero-order valence-electron chi connectivity index (χ0n) is 16.2. The Hall–Kier alpha value is -3.39. The number of anilines is 1. The molecule has 31 heavy (non-hydrogen) atoms. The fraction of sp³-hybridized carbons (Fsp3) is 0.174. The van der Waals surface area contributed by atoms with Crippen LogP contribution in [0.3, 0.4) is 0 Å². The lowest BCUT2D eigenvalue weighted by atomic mass is 10.0. The summed E-state index contributed by atoms with van der Waals surface area (Å²) in [5.74, 6) is -3.69. The lowest BCUT2D eigenvalue weighted by Crippen LogP contribution is -2.18. The van der Waals surface area contributed by atoms with Crippen LogP contribution in [0.1, 0.15) is 33.6 Å². The first kappa shape index (κ1) is 20.9. The summed E-state index contributed by atoms with van der Waals surface area (Å²) in [4.78, 5) is 37.4. The maximum absolute atomic E-state index is 13.8. The maximum atomic E-state index is 13.8. The highest BCUT2D eigenvalue weighted by Gasteiger charge is 2.32. The highest BCUT2D eigenvalue weighted by Crippen LogP contribution is 2.38. The van der Waals surface area contributed by atoms with E-state index in [0.717, 1.165) is 30.5 Å². The Morgan fingerprint density at radius 1 is 1.06 bits per heavy atom. The van der Waals surface area contributed by atoms with Crippen molar-refractivity contribution in [2.45, 2.75) is 12.8 Å². The molecule has 0 atom stereocenters. The van der Waals surface area contributed by atoms with Gasteiger partial charge in [0, 0.05) is 22.9 Å². The summed E-state index contributed by atoms with van der Waals surface area (Å²) in [7, 11) is 0. The van der Waals surface area contributed by atoms with E-state index in [2.05, 4.69) is 5.32 Å². The summed E-state index contributed by atoms with van der Waals surface area (Å²) in [5.41, 5.74) is 1.07. The number of amides is 1. The van der Waals surface area contributed by atoms with E-state index in [-0.39, 0.29) is 23.0 Å². The Morgan fingerprint density at radius 3 is 2.48 bits per heavy atom. The van der Waals surface area contributed by atoms with Crippen molar-refractivity contribution in [1.29, 1.82) is 0 Å². The first-order valence-electron chi connectivity index (χ1n) is 9.57. The van der Waals surface area contributed by atoms with Crippen LogP contribution >= 0.6 is 11.3 Å². The molecule has 1 aromatic heterocycles. The summed E-state index contributed by atoms with van der Waals surface area (Å²) in [6.45, 7) is -0.721. The van der Waals surface area contributed by atoms with Crippen LogP contribution < -0.4 is 5.32 Å². The van der Waals surface area contributed by atoms with Crippen LogP contribution in [0.25, 0.3) is 11.1 Å². The van der Waals surface area contributed by atoms with Gasteiger partial charge in [0.2, 0.25) is 11.7 Å². The van der Waals surface area contributed by atoms with Crippen molar-refractivity contribution in [3.8, 4) is 11.1 Å². The molecule has 4 rings (SSSR count). The van der Waals surface area contributed by atoms with Gasteiger partial charge in [-0.3, -0.25) is 9.59 Å². The summed E-state index contributed by atoms with van der Waals surface area (Å²) < 4.78 is 32.0. The molecule has 1 saturated carbocycles. The Balaban J connectivity index is 1.57. The van der Waals surface area contributed by atoms with Crippen LogP contribution in [0.15, 0.2) is 53.9 Å². The predicted octanol–water partition coefficient (Wildman–Crippen LogP) is 5.08. The largest absolute Gasteiger partial charge is 0.454 e. The summed E-state index contributed by atoms with van der Waals surface area (Å²) in [6.07, 6.45) is 1.61. The number of ketones is 1. The lowest BCUT2D eigenvalue weighted by Gasteiger charge is -2.10. The van der Waals surface area contributed by atoms with Gasteiger partial charge in [-0.1, -0.05) is 30.3 Å². The molecule has 0 bridgehead atoms. The first-order valence-corrected chi connectivity index (χ1v) is 10.4. The lowest BCUT2D eigenvalue weighted by molar-refractivity contribution is -0.117. The minimum atomic E-state index is -1.03. The molecule has 0 unspecified atom stereocenters. The number of halogens is 2. The van der Waals surface area contributed by atoms with Gasteiger partial charge in [-0.2, -0.15) is 0 Å². The van der Waals surface area contributed by atoms with Gasteiger partial charge >= 0.3 is 5.97 Å². The second-order valence-corrected chi connectivity index (χ2v) is 7.99. The Kier molecular flexibility index (Phi) is 5.90. The maximum Gasteiger partial charge on any atom is 0.342 e. The molecule has 0 radical (unpaired) electrons. The molecule has 8 heteroatoms. The summed E-state index contributed by atoms with van der Waals surface area (Å²) in [5, 5.41) is 4.84. The van der Waals surface area contributed by atoms with Crippen molar-refractivity contribution in [3.63, 3.8) is 0 Å². The molecule has 0 saturated heterocycles. The minimum absolute atomic E-state index is 0.0609. The van der Waals surface area contributed by atoms with E-state index in [1.807, 2.05) is 30.3 Å². The third-order valence-corrected chi connectivity index (χ3v) is 5.73. The molecule has 1 aliphatic rings. The predicted molar refractivity (Wildman–Crippen MR) is 112 cm³/mol. The van der Waals surface area contributed by atoms with Gasteiger partial charge in [0.15, 0.2) is 6.61 Å². The number of nitrogens with one attached hydrogen (secondary N) is 1. The van der Waals surface area contributed by atoms with Gasteiger partial charge in [0.1, 0.15) is 22.2 Å². The smallest absolute Gasteiger partial charge is 0.342 e. The monoisotopic (exact) mass is 441 g/mol. The third kappa shape index (κ3) is 4.69. The molecule has 1 N–H and O–H groups in total. The molecule has 1 amide bonds. The molecule has 1 fully saturated rings. The number of rotatable bonds is 7. The van der Waals surface area contributed by atoms with Crippen molar-refractivity contribution in [2.75, 3.05) is 11.9 Å². The molecule has 0 aliphatic heterocycles. The number of ether oxygens (including phenoxy) is 1. The van der Waals surface area contributed by atoms with Gasteiger partial charge in [-0.05, 0) is 30.5 Å². The number of Topliss-reactive ketones (excluding diaryl/α,β-unsaturated/α-hetero) is 1. The molecule has 3 aromatic rings. The number of carbonyl (C=O) groups is 3. The first-order chi connectivity index (χ1) is 14.9. The fourth-order valence-corrected chi connectivity index (χ4v) is 4.00. The Bertz CT molecular complexity index is 1160. The normalized spacial score (nSPS) is 13.0. The van der Waals surface area contributed by atoms with Crippen molar-refractivity contribution in [2.24, 2.45) is 5.92 Å². The fourth-order valence-electron chi connectivity index (χ4n) is 3.04.